The molecule has 0 aromatic heterocycles. The van der Waals surface area contributed by atoms with Gasteiger partial charge in [-0.2, -0.15) is 22.0 Å². The quantitative estimate of drug-likeness (QED) is 0.762. The lowest BCUT2D eigenvalue weighted by Crippen LogP contribution is -2.38. The number of hydrogen-bond donors (Lipinski definition) is 0. The molecule has 2 nitrogen and oxygen atoms in total. The molecule has 0 spiro atoms. The topological polar surface area (TPSA) is 18.5 Å². The molecule has 1 aromatic rings. The van der Waals surface area contributed by atoms with E-state index >= 15 is 0 Å². The average molecular weight is 284 g/mol. The average Bonchev–Trinajstić information content (AvgIpc) is 2.34. The standard InChI is InChI=1S/C12H13F5O2/c1-18-9-5-3-4-8(6-9)10(19-2)7-11(13,14)12(15,16)17/h3-6,10H,7H2,1-2H3. The maximum Gasteiger partial charge on any atom is 0.453 e. The molecular formula is C12H13F5O2. The Morgan fingerprint density at radius 2 is 1.74 bits per heavy atom. The van der Waals surface area contributed by atoms with Crippen molar-refractivity contribution in [3.05, 3.63) is 29.8 Å². The van der Waals surface area contributed by atoms with E-state index in [-0.39, 0.29) is 5.56 Å². The van der Waals surface area contributed by atoms with Crippen LogP contribution in [0.3, 0.4) is 0 Å². The van der Waals surface area contributed by atoms with Gasteiger partial charge in [0.25, 0.3) is 0 Å². The fourth-order valence-electron chi connectivity index (χ4n) is 1.53. The molecule has 1 atom stereocenters. The van der Waals surface area contributed by atoms with E-state index < -0.39 is 24.6 Å². The maximum atomic E-state index is 13.0. The van der Waals surface area contributed by atoms with Gasteiger partial charge in [0, 0.05) is 7.11 Å². The van der Waals surface area contributed by atoms with Crippen molar-refractivity contribution in [1.29, 1.82) is 0 Å². The van der Waals surface area contributed by atoms with Gasteiger partial charge in [-0.3, -0.25) is 0 Å². The predicted molar refractivity (Wildman–Crippen MR) is 58.4 cm³/mol. The molecule has 108 valence electrons. The van der Waals surface area contributed by atoms with Crippen LogP contribution in [0.2, 0.25) is 0 Å². The molecule has 0 aliphatic rings. The lowest BCUT2D eigenvalue weighted by atomic mass is 10.0. The van der Waals surface area contributed by atoms with Crippen molar-refractivity contribution >= 4 is 0 Å². The zero-order chi connectivity index (χ0) is 14.7. The van der Waals surface area contributed by atoms with Gasteiger partial charge in [0.1, 0.15) is 5.75 Å². The van der Waals surface area contributed by atoms with Gasteiger partial charge in [-0.25, -0.2) is 0 Å². The zero-order valence-corrected chi connectivity index (χ0v) is 10.3. The molecule has 0 bridgehead atoms. The Morgan fingerprint density at radius 3 is 2.21 bits per heavy atom. The van der Waals surface area contributed by atoms with Crippen LogP contribution in [0.5, 0.6) is 5.75 Å². The summed E-state index contributed by atoms with van der Waals surface area (Å²) in [5.74, 6) is -4.45. The minimum atomic E-state index is -5.59. The van der Waals surface area contributed by atoms with E-state index in [4.69, 9.17) is 9.47 Å². The van der Waals surface area contributed by atoms with E-state index in [9.17, 15) is 22.0 Å². The monoisotopic (exact) mass is 284 g/mol. The highest BCUT2D eigenvalue weighted by Crippen LogP contribution is 2.42. The van der Waals surface area contributed by atoms with Gasteiger partial charge in [0.05, 0.1) is 19.6 Å². The largest absolute Gasteiger partial charge is 0.497 e. The van der Waals surface area contributed by atoms with Gasteiger partial charge in [0.2, 0.25) is 0 Å². The molecule has 0 aliphatic heterocycles. The SMILES string of the molecule is COc1cccc(C(CC(F)(F)C(F)(F)F)OC)c1. The van der Waals surface area contributed by atoms with Crippen molar-refractivity contribution in [3.8, 4) is 5.75 Å². The fourth-order valence-corrected chi connectivity index (χ4v) is 1.53. The molecule has 0 radical (unpaired) electrons. The highest BCUT2D eigenvalue weighted by Gasteiger charge is 2.58. The zero-order valence-electron chi connectivity index (χ0n) is 10.3. The highest BCUT2D eigenvalue weighted by atomic mass is 19.4. The summed E-state index contributed by atoms with van der Waals surface area (Å²) in [5, 5.41) is 0. The van der Waals surface area contributed by atoms with Gasteiger partial charge in [-0.05, 0) is 17.7 Å². The number of rotatable bonds is 5. The van der Waals surface area contributed by atoms with Gasteiger partial charge in [-0.15, -0.1) is 0 Å². The van der Waals surface area contributed by atoms with Gasteiger partial charge >= 0.3 is 12.1 Å². The predicted octanol–water partition coefficient (Wildman–Crippen LogP) is 3.97. The van der Waals surface area contributed by atoms with Crippen LogP contribution in [0.25, 0.3) is 0 Å². The van der Waals surface area contributed by atoms with E-state index in [0.29, 0.717) is 5.75 Å². The van der Waals surface area contributed by atoms with E-state index in [2.05, 4.69) is 0 Å². The summed E-state index contributed by atoms with van der Waals surface area (Å²) in [6.07, 6.45) is -8.44. The lowest BCUT2D eigenvalue weighted by molar-refractivity contribution is -0.291. The van der Waals surface area contributed by atoms with Gasteiger partial charge in [-0.1, -0.05) is 12.1 Å². The third-order valence-electron chi connectivity index (χ3n) is 2.61. The summed E-state index contributed by atoms with van der Waals surface area (Å²) in [6.45, 7) is 0. The van der Waals surface area contributed by atoms with E-state index in [1.807, 2.05) is 0 Å². The molecule has 0 saturated heterocycles. The van der Waals surface area contributed by atoms with E-state index in [1.54, 1.807) is 6.07 Å². The summed E-state index contributed by atoms with van der Waals surface area (Å²) < 4.78 is 72.1. The summed E-state index contributed by atoms with van der Waals surface area (Å²) in [5.41, 5.74) is 0.200. The molecule has 0 fully saturated rings. The summed E-state index contributed by atoms with van der Waals surface area (Å²) in [6, 6.07) is 5.81. The fraction of sp³-hybridized carbons (Fsp3) is 0.500. The molecular weight excluding hydrogens is 271 g/mol. The second-order valence-corrected chi connectivity index (χ2v) is 3.91. The molecule has 0 saturated carbocycles. The molecule has 0 N–H and O–H groups in total. The lowest BCUT2D eigenvalue weighted by Gasteiger charge is -2.24. The summed E-state index contributed by atoms with van der Waals surface area (Å²) >= 11 is 0. The van der Waals surface area contributed by atoms with Crippen LogP contribution >= 0.6 is 0 Å². The summed E-state index contributed by atoms with van der Waals surface area (Å²) in [7, 11) is 2.45. The smallest absolute Gasteiger partial charge is 0.453 e. The first-order valence-corrected chi connectivity index (χ1v) is 5.32. The Labute approximate surface area is 107 Å². The number of ether oxygens (including phenoxy) is 2. The van der Waals surface area contributed by atoms with Crippen LogP contribution in [0.4, 0.5) is 22.0 Å². The van der Waals surface area contributed by atoms with Crippen molar-refractivity contribution in [1.82, 2.24) is 0 Å². The molecule has 0 aliphatic carbocycles. The Morgan fingerprint density at radius 1 is 1.11 bits per heavy atom. The molecule has 0 amide bonds. The maximum absolute atomic E-state index is 13.0. The molecule has 7 heteroatoms. The van der Waals surface area contributed by atoms with Gasteiger partial charge in [0.15, 0.2) is 0 Å². The van der Waals surface area contributed by atoms with Crippen molar-refractivity contribution in [2.24, 2.45) is 0 Å². The van der Waals surface area contributed by atoms with Crippen LogP contribution in [-0.4, -0.2) is 26.3 Å². The molecule has 19 heavy (non-hydrogen) atoms. The molecule has 1 rings (SSSR count). The third-order valence-corrected chi connectivity index (χ3v) is 2.61. The second kappa shape index (κ2) is 5.73. The second-order valence-electron chi connectivity index (χ2n) is 3.91. The highest BCUT2D eigenvalue weighted by molar-refractivity contribution is 5.30. The van der Waals surface area contributed by atoms with Gasteiger partial charge < -0.3 is 9.47 Å². The molecule has 0 heterocycles. The Kier molecular flexibility index (Phi) is 4.73. The normalized spacial score (nSPS) is 14.3. The minimum absolute atomic E-state index is 0.200. The van der Waals surface area contributed by atoms with Crippen LogP contribution in [-0.2, 0) is 4.74 Å². The number of methoxy groups -OCH3 is 2. The van der Waals surface area contributed by atoms with Crippen LogP contribution in [0.15, 0.2) is 24.3 Å². The van der Waals surface area contributed by atoms with Crippen molar-refractivity contribution in [2.45, 2.75) is 24.6 Å². The van der Waals surface area contributed by atoms with Crippen molar-refractivity contribution in [3.63, 3.8) is 0 Å². The number of alkyl halides is 5. The van der Waals surface area contributed by atoms with Crippen LogP contribution < -0.4 is 4.74 Å². The molecule has 1 aromatic carbocycles. The number of hydrogen-bond acceptors (Lipinski definition) is 2. The van der Waals surface area contributed by atoms with E-state index in [0.717, 1.165) is 7.11 Å². The molecule has 1 unspecified atom stereocenters. The first-order valence-electron chi connectivity index (χ1n) is 5.32. The van der Waals surface area contributed by atoms with Crippen molar-refractivity contribution in [2.75, 3.05) is 14.2 Å². The van der Waals surface area contributed by atoms with Crippen LogP contribution in [0.1, 0.15) is 18.1 Å². The first kappa shape index (κ1) is 15.7. The Balaban J connectivity index is 2.95. The Hall–Kier alpha value is -1.37. The van der Waals surface area contributed by atoms with Crippen LogP contribution in [0, 0.1) is 0 Å². The third kappa shape index (κ3) is 3.79. The van der Waals surface area contributed by atoms with E-state index in [1.165, 1.54) is 25.3 Å². The first-order chi connectivity index (χ1) is 8.71. The summed E-state index contributed by atoms with van der Waals surface area (Å²) in [4.78, 5) is 0. The minimum Gasteiger partial charge on any atom is -0.497 e. The van der Waals surface area contributed by atoms with Crippen molar-refractivity contribution < 1.29 is 31.4 Å². The number of halogens is 5. The Bertz CT molecular complexity index is 417. The number of benzene rings is 1.